The van der Waals surface area contributed by atoms with Crippen LogP contribution in [0.2, 0.25) is 0 Å². The second-order valence-electron chi connectivity index (χ2n) is 12.5. The van der Waals surface area contributed by atoms with Crippen LogP contribution in [0.4, 0.5) is 39.8 Å². The van der Waals surface area contributed by atoms with Crippen LogP contribution in [0, 0.1) is 5.92 Å². The molecule has 1 fully saturated rings. The lowest BCUT2D eigenvalue weighted by atomic mass is 9.93. The van der Waals surface area contributed by atoms with Gasteiger partial charge in [0, 0.05) is 29.1 Å². The van der Waals surface area contributed by atoms with Gasteiger partial charge in [0.1, 0.15) is 12.2 Å². The quantitative estimate of drug-likeness (QED) is 0.176. The van der Waals surface area contributed by atoms with Crippen molar-refractivity contribution in [3.63, 3.8) is 0 Å². The molecule has 258 valence electrons. The van der Waals surface area contributed by atoms with Gasteiger partial charge in [-0.25, -0.2) is 14.6 Å². The van der Waals surface area contributed by atoms with Crippen LogP contribution in [0.1, 0.15) is 43.2 Å². The zero-order valence-corrected chi connectivity index (χ0v) is 28.4. The Bertz CT molecular complexity index is 1840. The molecule has 3 amide bonds. The van der Waals surface area contributed by atoms with Crippen LogP contribution in [-0.2, 0) is 16.1 Å². The molecule has 49 heavy (non-hydrogen) atoms. The second kappa shape index (κ2) is 14.7. The molecule has 2 aromatic heterocycles. The third kappa shape index (κ3) is 9.59. The number of piperidine rings is 1. The average Bonchev–Trinajstić information content (AvgIpc) is 3.03. The van der Waals surface area contributed by atoms with Crippen LogP contribution in [0.15, 0.2) is 77.5 Å². The maximum atomic E-state index is 14.1. The minimum absolute atomic E-state index is 0.00101. The average molecular weight is 744 g/mol. The largest absolute Gasteiger partial charge is 0.444 e. The van der Waals surface area contributed by atoms with Gasteiger partial charge in [-0.15, -0.1) is 0 Å². The zero-order chi connectivity index (χ0) is 35.3. The lowest BCUT2D eigenvalue weighted by Crippen LogP contribution is -2.54. The van der Waals surface area contributed by atoms with Crippen molar-refractivity contribution in [1.82, 2.24) is 15.3 Å². The van der Waals surface area contributed by atoms with E-state index in [2.05, 4.69) is 41.8 Å². The summed E-state index contributed by atoms with van der Waals surface area (Å²) in [4.78, 5) is 49.2. The van der Waals surface area contributed by atoms with Crippen molar-refractivity contribution in [3.8, 4) is 0 Å². The van der Waals surface area contributed by atoms with E-state index in [0.29, 0.717) is 15.4 Å². The molecule has 0 aliphatic carbocycles. The number of benzene rings is 2. The molecule has 1 aliphatic heterocycles. The molecule has 1 aliphatic rings. The Morgan fingerprint density at radius 1 is 0.959 bits per heavy atom. The first-order valence-corrected chi connectivity index (χ1v) is 16.1. The van der Waals surface area contributed by atoms with E-state index < -0.39 is 48.4 Å². The van der Waals surface area contributed by atoms with Crippen molar-refractivity contribution in [2.75, 3.05) is 28.6 Å². The Balaban J connectivity index is 1.41. The van der Waals surface area contributed by atoms with Crippen LogP contribution < -0.4 is 20.9 Å². The summed E-state index contributed by atoms with van der Waals surface area (Å²) in [6.07, 6.45) is -3.87. The number of anilines is 3. The number of alkyl carbamates (subject to hydrolysis) is 1. The van der Waals surface area contributed by atoms with Crippen molar-refractivity contribution in [2.24, 2.45) is 5.92 Å². The number of alkyl halides is 3. The molecular formula is C34H34BrF3N6O5. The van der Waals surface area contributed by atoms with E-state index in [1.807, 2.05) is 18.2 Å². The molecule has 15 heteroatoms. The van der Waals surface area contributed by atoms with Crippen molar-refractivity contribution >= 4 is 62.0 Å². The summed E-state index contributed by atoms with van der Waals surface area (Å²) in [5.74, 6) is -2.54. The number of nitrogens with one attached hydrogen (secondary N) is 3. The van der Waals surface area contributed by atoms with Gasteiger partial charge < -0.3 is 25.0 Å². The van der Waals surface area contributed by atoms with Gasteiger partial charge >= 0.3 is 18.4 Å². The number of amides is 3. The summed E-state index contributed by atoms with van der Waals surface area (Å²) in [5.41, 5.74) is 0.572. The summed E-state index contributed by atoms with van der Waals surface area (Å²) in [5, 5.41) is 8.49. The van der Waals surface area contributed by atoms with E-state index in [9.17, 15) is 27.6 Å². The van der Waals surface area contributed by atoms with Gasteiger partial charge in [-0.05, 0) is 57.0 Å². The maximum absolute atomic E-state index is 14.1. The zero-order valence-electron chi connectivity index (χ0n) is 26.8. The van der Waals surface area contributed by atoms with Crippen molar-refractivity contribution in [2.45, 2.75) is 51.6 Å². The summed E-state index contributed by atoms with van der Waals surface area (Å²) in [6, 6.07) is 16.4. The van der Waals surface area contributed by atoms with Crippen molar-refractivity contribution in [3.05, 3.63) is 88.8 Å². The molecule has 5 rings (SSSR count). The predicted octanol–water partition coefficient (Wildman–Crippen LogP) is 7.68. The normalized spacial score (nSPS) is 16.5. The smallest absolute Gasteiger partial charge is 0.412 e. The van der Waals surface area contributed by atoms with Crippen LogP contribution in [0.25, 0.3) is 10.9 Å². The Kier molecular flexibility index (Phi) is 10.6. The fraction of sp³-hybridized carbons (Fsp3) is 0.324. The lowest BCUT2D eigenvalue weighted by Gasteiger charge is -2.40. The minimum atomic E-state index is -4.55. The molecule has 4 aromatic rings. The van der Waals surface area contributed by atoms with Gasteiger partial charge in [-0.2, -0.15) is 13.2 Å². The van der Waals surface area contributed by atoms with Crippen LogP contribution in [-0.4, -0.2) is 59.0 Å². The van der Waals surface area contributed by atoms with Gasteiger partial charge in [0.25, 0.3) is 5.91 Å². The molecule has 1 unspecified atom stereocenters. The monoisotopic (exact) mass is 742 g/mol. The highest BCUT2D eigenvalue weighted by atomic mass is 79.9. The van der Waals surface area contributed by atoms with Gasteiger partial charge in [0.05, 0.1) is 40.7 Å². The number of rotatable bonds is 7. The molecule has 2 atom stereocenters. The standard InChI is InChI=1S/C34H34BrF3N6O5/c1-33(2,3)49-32(47)40-24-14-22(34(36,37)38)17-44(18-24)28-11-12-39-16-27(28)42-30(45)29-26(13-21-9-10-23(35)15-25(21)41-29)43-31(46)48-19-20-7-5-4-6-8-20/h4-13,15-16,22,24H,14,17-19H2,1-3H3,(H,40,47)(H,42,45)(H,43,46)/t22?,24-/m0/s1. The van der Waals surface area contributed by atoms with Crippen molar-refractivity contribution < 1.29 is 37.0 Å². The molecule has 3 N–H and O–H groups in total. The number of hydrogen-bond acceptors (Lipinski definition) is 8. The third-order valence-electron chi connectivity index (χ3n) is 7.47. The fourth-order valence-electron chi connectivity index (χ4n) is 5.33. The van der Waals surface area contributed by atoms with Gasteiger partial charge in [-0.1, -0.05) is 52.3 Å². The number of halogens is 4. The second-order valence-corrected chi connectivity index (χ2v) is 13.4. The van der Waals surface area contributed by atoms with Gasteiger partial charge in [0.15, 0.2) is 5.69 Å². The highest BCUT2D eigenvalue weighted by Crippen LogP contribution is 2.37. The van der Waals surface area contributed by atoms with Gasteiger partial charge in [0.2, 0.25) is 0 Å². The van der Waals surface area contributed by atoms with E-state index in [1.165, 1.54) is 23.4 Å². The molecule has 0 saturated carbocycles. The van der Waals surface area contributed by atoms with Gasteiger partial charge in [-0.3, -0.25) is 15.1 Å². The van der Waals surface area contributed by atoms with Crippen LogP contribution in [0.3, 0.4) is 0 Å². The number of ether oxygens (including phenoxy) is 2. The number of pyridine rings is 2. The van der Waals surface area contributed by atoms with E-state index in [1.54, 1.807) is 57.2 Å². The highest BCUT2D eigenvalue weighted by Gasteiger charge is 2.45. The molecule has 0 radical (unpaired) electrons. The van der Waals surface area contributed by atoms with E-state index in [-0.39, 0.29) is 42.3 Å². The highest BCUT2D eigenvalue weighted by molar-refractivity contribution is 9.10. The van der Waals surface area contributed by atoms with E-state index in [4.69, 9.17) is 9.47 Å². The molecular weight excluding hydrogens is 709 g/mol. The Labute approximate surface area is 288 Å². The molecule has 3 heterocycles. The summed E-state index contributed by atoms with van der Waals surface area (Å²) in [6.45, 7) is 4.53. The maximum Gasteiger partial charge on any atom is 0.412 e. The fourth-order valence-corrected chi connectivity index (χ4v) is 5.68. The summed E-state index contributed by atoms with van der Waals surface area (Å²) in [7, 11) is 0. The number of carbonyl (C=O) groups is 3. The number of hydrogen-bond donors (Lipinski definition) is 3. The van der Waals surface area contributed by atoms with Crippen LogP contribution >= 0.6 is 15.9 Å². The number of nitrogens with zero attached hydrogens (tertiary/aromatic N) is 3. The summed E-state index contributed by atoms with van der Waals surface area (Å²) >= 11 is 3.40. The van der Waals surface area contributed by atoms with Crippen molar-refractivity contribution in [1.29, 1.82) is 0 Å². The van der Waals surface area contributed by atoms with E-state index in [0.717, 1.165) is 5.56 Å². The first-order valence-electron chi connectivity index (χ1n) is 15.3. The Morgan fingerprint density at radius 3 is 2.43 bits per heavy atom. The Hall–Kier alpha value is -4.92. The first-order chi connectivity index (χ1) is 23.1. The SMILES string of the molecule is CC(C)(C)OC(=O)N[C@H]1CC(C(F)(F)F)CN(c2ccncc2NC(=O)c2nc3cc(Br)ccc3cc2NC(=O)OCc2ccccc2)C1. The van der Waals surface area contributed by atoms with E-state index >= 15 is 0 Å². The molecule has 1 saturated heterocycles. The van der Waals surface area contributed by atoms with Crippen LogP contribution in [0.5, 0.6) is 0 Å². The number of fused-ring (bicyclic) bond motifs is 1. The minimum Gasteiger partial charge on any atom is -0.444 e. The third-order valence-corrected chi connectivity index (χ3v) is 7.96. The molecule has 2 aromatic carbocycles. The Morgan fingerprint density at radius 2 is 1.71 bits per heavy atom. The predicted molar refractivity (Wildman–Crippen MR) is 181 cm³/mol. The molecule has 0 spiro atoms. The molecule has 11 nitrogen and oxygen atoms in total. The number of carbonyl (C=O) groups excluding carboxylic acids is 3. The number of aromatic nitrogens is 2. The molecule has 0 bridgehead atoms. The summed E-state index contributed by atoms with van der Waals surface area (Å²) < 4.78 is 53.6. The first kappa shape index (κ1) is 35.4. The topological polar surface area (TPSA) is 135 Å². The lowest BCUT2D eigenvalue weighted by molar-refractivity contribution is -0.177.